The predicted octanol–water partition coefficient (Wildman–Crippen LogP) is 2.86. The zero-order valence-corrected chi connectivity index (χ0v) is 12.2. The molecule has 1 N–H and O–H groups in total. The Morgan fingerprint density at radius 1 is 1.28 bits per heavy atom. The maximum atomic E-state index is 4.45. The van der Waals surface area contributed by atoms with Crippen LogP contribution in [-0.2, 0) is 6.42 Å². The van der Waals surface area contributed by atoms with E-state index in [1.807, 2.05) is 25.2 Å². The van der Waals surface area contributed by atoms with Gasteiger partial charge in [0.05, 0.1) is 0 Å². The lowest BCUT2D eigenvalue weighted by Crippen LogP contribution is -2.29. The molecule has 0 aliphatic heterocycles. The summed E-state index contributed by atoms with van der Waals surface area (Å²) in [6.07, 6.45) is 6.70. The van der Waals surface area contributed by atoms with E-state index in [-0.39, 0.29) is 0 Å². The van der Waals surface area contributed by atoms with E-state index in [2.05, 4.69) is 36.3 Å². The molecule has 0 radical (unpaired) electrons. The Labute approximate surface area is 112 Å². The van der Waals surface area contributed by atoms with Crippen molar-refractivity contribution in [1.29, 1.82) is 0 Å². The number of nitrogens with zero attached hydrogens (tertiary/aromatic N) is 2. The van der Waals surface area contributed by atoms with Crippen molar-refractivity contribution in [3.05, 3.63) is 23.9 Å². The molecular weight excluding hydrogens is 222 g/mol. The van der Waals surface area contributed by atoms with Crippen LogP contribution >= 0.6 is 0 Å². The molecule has 0 saturated carbocycles. The second kappa shape index (κ2) is 8.09. The maximum Gasteiger partial charge on any atom is 0.127 e. The summed E-state index contributed by atoms with van der Waals surface area (Å²) in [5.41, 5.74) is 1.33. The van der Waals surface area contributed by atoms with Gasteiger partial charge in [-0.1, -0.05) is 19.9 Å². The Morgan fingerprint density at radius 3 is 2.56 bits per heavy atom. The fraction of sp³-hybridized carbons (Fsp3) is 0.667. The van der Waals surface area contributed by atoms with E-state index in [9.17, 15) is 0 Å². The van der Waals surface area contributed by atoms with Crippen molar-refractivity contribution >= 4 is 5.82 Å². The largest absolute Gasteiger partial charge is 0.363 e. The van der Waals surface area contributed by atoms with Crippen LogP contribution < -0.4 is 10.2 Å². The lowest BCUT2D eigenvalue weighted by Gasteiger charge is -2.16. The highest BCUT2D eigenvalue weighted by Crippen LogP contribution is 2.11. The van der Waals surface area contributed by atoms with Crippen LogP contribution in [0.3, 0.4) is 0 Å². The van der Waals surface area contributed by atoms with Gasteiger partial charge in [0.2, 0.25) is 0 Å². The molecule has 0 aromatic carbocycles. The Bertz CT molecular complexity index is 319. The normalized spacial score (nSPS) is 12.4. The number of aromatic nitrogens is 1. The lowest BCUT2D eigenvalue weighted by atomic mass is 10.0. The van der Waals surface area contributed by atoms with E-state index < -0.39 is 0 Å². The van der Waals surface area contributed by atoms with E-state index in [1.165, 1.54) is 24.8 Å². The molecule has 0 saturated heterocycles. The van der Waals surface area contributed by atoms with E-state index in [0.717, 1.165) is 18.8 Å². The minimum absolute atomic E-state index is 0.637. The Kier molecular flexibility index (Phi) is 6.73. The summed E-state index contributed by atoms with van der Waals surface area (Å²) in [6.45, 7) is 5.58. The number of nitrogens with one attached hydrogen (secondary N) is 1. The van der Waals surface area contributed by atoms with Gasteiger partial charge < -0.3 is 10.2 Å². The first-order valence-corrected chi connectivity index (χ1v) is 7.03. The molecule has 1 aromatic rings. The summed E-state index contributed by atoms with van der Waals surface area (Å²) in [7, 11) is 4.04. The van der Waals surface area contributed by atoms with Crippen molar-refractivity contribution in [2.24, 2.45) is 0 Å². The second-order valence-corrected chi connectivity index (χ2v) is 5.02. The molecule has 0 bridgehead atoms. The SMILES string of the molecule is CCCNC(CC)CCc1ccc(N(C)C)nc1. The highest BCUT2D eigenvalue weighted by molar-refractivity contribution is 5.37. The topological polar surface area (TPSA) is 28.2 Å². The van der Waals surface area contributed by atoms with Gasteiger partial charge in [-0.3, -0.25) is 0 Å². The minimum Gasteiger partial charge on any atom is -0.363 e. The predicted molar refractivity (Wildman–Crippen MR) is 79.3 cm³/mol. The van der Waals surface area contributed by atoms with Crippen molar-refractivity contribution in [3.8, 4) is 0 Å². The van der Waals surface area contributed by atoms with Crippen LogP contribution in [0.15, 0.2) is 18.3 Å². The Balaban J connectivity index is 2.42. The summed E-state index contributed by atoms with van der Waals surface area (Å²) in [5, 5.41) is 3.59. The number of hydrogen-bond donors (Lipinski definition) is 1. The molecule has 18 heavy (non-hydrogen) atoms. The molecule has 0 amide bonds. The molecule has 0 spiro atoms. The van der Waals surface area contributed by atoms with E-state index in [1.54, 1.807) is 0 Å². The van der Waals surface area contributed by atoms with E-state index >= 15 is 0 Å². The first-order chi connectivity index (χ1) is 8.67. The number of anilines is 1. The lowest BCUT2D eigenvalue weighted by molar-refractivity contribution is 0.468. The molecule has 0 aliphatic rings. The van der Waals surface area contributed by atoms with Crippen LogP contribution in [0.2, 0.25) is 0 Å². The zero-order chi connectivity index (χ0) is 13.4. The molecule has 3 heteroatoms. The maximum absolute atomic E-state index is 4.45. The first-order valence-electron chi connectivity index (χ1n) is 7.03. The summed E-state index contributed by atoms with van der Waals surface area (Å²) < 4.78 is 0. The van der Waals surface area contributed by atoms with Gasteiger partial charge in [-0.15, -0.1) is 0 Å². The molecule has 0 aliphatic carbocycles. The third kappa shape index (κ3) is 5.05. The molecular formula is C15H27N3. The average molecular weight is 249 g/mol. The molecule has 1 atom stereocenters. The van der Waals surface area contributed by atoms with Crippen molar-refractivity contribution in [3.63, 3.8) is 0 Å². The third-order valence-corrected chi connectivity index (χ3v) is 3.22. The van der Waals surface area contributed by atoms with Crippen LogP contribution in [-0.4, -0.2) is 31.7 Å². The zero-order valence-electron chi connectivity index (χ0n) is 12.2. The van der Waals surface area contributed by atoms with Gasteiger partial charge in [0.1, 0.15) is 5.82 Å². The molecule has 0 fully saturated rings. The van der Waals surface area contributed by atoms with Gasteiger partial charge in [0.15, 0.2) is 0 Å². The van der Waals surface area contributed by atoms with Gasteiger partial charge >= 0.3 is 0 Å². The van der Waals surface area contributed by atoms with E-state index in [0.29, 0.717) is 6.04 Å². The molecule has 3 nitrogen and oxygen atoms in total. The smallest absolute Gasteiger partial charge is 0.127 e. The summed E-state index contributed by atoms with van der Waals surface area (Å²) in [6, 6.07) is 4.92. The first kappa shape index (κ1) is 15.0. The molecule has 1 unspecified atom stereocenters. The number of rotatable bonds is 8. The van der Waals surface area contributed by atoms with Crippen LogP contribution in [0.25, 0.3) is 0 Å². The van der Waals surface area contributed by atoms with E-state index in [4.69, 9.17) is 0 Å². The highest BCUT2D eigenvalue weighted by Gasteiger charge is 2.05. The van der Waals surface area contributed by atoms with Crippen LogP contribution in [0.4, 0.5) is 5.82 Å². The monoisotopic (exact) mass is 249 g/mol. The highest BCUT2D eigenvalue weighted by atomic mass is 15.1. The minimum atomic E-state index is 0.637. The van der Waals surface area contributed by atoms with Crippen molar-refractivity contribution in [1.82, 2.24) is 10.3 Å². The number of aryl methyl sites for hydroxylation is 1. The van der Waals surface area contributed by atoms with Crippen molar-refractivity contribution < 1.29 is 0 Å². The third-order valence-electron chi connectivity index (χ3n) is 3.22. The van der Waals surface area contributed by atoms with Crippen molar-refractivity contribution in [2.45, 2.75) is 45.6 Å². The molecule has 1 aromatic heterocycles. The van der Waals surface area contributed by atoms with Gasteiger partial charge in [0.25, 0.3) is 0 Å². The quantitative estimate of drug-likeness (QED) is 0.768. The molecule has 102 valence electrons. The number of hydrogen-bond acceptors (Lipinski definition) is 3. The fourth-order valence-electron chi connectivity index (χ4n) is 1.97. The summed E-state index contributed by atoms with van der Waals surface area (Å²) in [4.78, 5) is 6.48. The van der Waals surface area contributed by atoms with Gasteiger partial charge in [-0.2, -0.15) is 0 Å². The number of pyridine rings is 1. The summed E-state index contributed by atoms with van der Waals surface area (Å²) >= 11 is 0. The standard InChI is InChI=1S/C15H27N3/c1-5-11-16-14(6-2)9-7-13-8-10-15(17-12-13)18(3)4/h8,10,12,14,16H,5-7,9,11H2,1-4H3. The fourth-order valence-corrected chi connectivity index (χ4v) is 1.97. The second-order valence-electron chi connectivity index (χ2n) is 5.02. The molecule has 1 heterocycles. The van der Waals surface area contributed by atoms with Gasteiger partial charge in [-0.25, -0.2) is 4.98 Å². The average Bonchev–Trinajstić information content (AvgIpc) is 2.39. The van der Waals surface area contributed by atoms with Crippen LogP contribution in [0.5, 0.6) is 0 Å². The summed E-state index contributed by atoms with van der Waals surface area (Å²) in [5.74, 6) is 1.02. The Morgan fingerprint density at radius 2 is 2.06 bits per heavy atom. The molecule has 1 rings (SSSR count). The Hall–Kier alpha value is -1.09. The van der Waals surface area contributed by atoms with Gasteiger partial charge in [-0.05, 0) is 43.9 Å². The van der Waals surface area contributed by atoms with Crippen molar-refractivity contribution in [2.75, 3.05) is 25.5 Å². The van der Waals surface area contributed by atoms with Crippen LogP contribution in [0.1, 0.15) is 38.7 Å². The van der Waals surface area contributed by atoms with Gasteiger partial charge in [0, 0.05) is 26.3 Å². The van der Waals surface area contributed by atoms with Crippen LogP contribution in [0, 0.1) is 0 Å².